The first kappa shape index (κ1) is 19.2. The van der Waals surface area contributed by atoms with Gasteiger partial charge in [-0.15, -0.1) is 0 Å². The summed E-state index contributed by atoms with van der Waals surface area (Å²) in [6, 6.07) is 7.55. The molecule has 8 heteroatoms. The number of nitrogens with one attached hydrogen (secondary N) is 1. The van der Waals surface area contributed by atoms with Crippen molar-refractivity contribution in [2.75, 3.05) is 0 Å². The summed E-state index contributed by atoms with van der Waals surface area (Å²) in [4.78, 5) is 22.6. The van der Waals surface area contributed by atoms with E-state index in [1.165, 1.54) is 18.4 Å². The summed E-state index contributed by atoms with van der Waals surface area (Å²) >= 11 is 0. The summed E-state index contributed by atoms with van der Waals surface area (Å²) in [6.45, 7) is 1.01. The molecule has 3 aromatic rings. The molecule has 1 saturated carbocycles. The summed E-state index contributed by atoms with van der Waals surface area (Å²) in [6.07, 6.45) is 6.66. The van der Waals surface area contributed by atoms with Crippen molar-refractivity contribution in [3.8, 4) is 0 Å². The Bertz CT molecular complexity index is 989. The second-order valence-corrected chi connectivity index (χ2v) is 7.04. The predicted molar refractivity (Wildman–Crippen MR) is 101 cm³/mol. The molecular weight excluding hydrogens is 378 g/mol. The SMILES string of the molecule is O=C(NCc1cccnc1)c1coc(CN(Cc2ccc(F)cc2F)C2CC2)n1. The lowest BCUT2D eigenvalue weighted by molar-refractivity contribution is 0.0945. The molecule has 0 aliphatic heterocycles. The van der Waals surface area contributed by atoms with Gasteiger partial charge in [0.1, 0.15) is 17.9 Å². The Morgan fingerprint density at radius 3 is 2.83 bits per heavy atom. The highest BCUT2D eigenvalue weighted by molar-refractivity contribution is 5.91. The summed E-state index contributed by atoms with van der Waals surface area (Å²) in [5.41, 5.74) is 1.48. The predicted octanol–water partition coefficient (Wildman–Crippen LogP) is 3.44. The molecule has 4 rings (SSSR count). The average molecular weight is 398 g/mol. The van der Waals surface area contributed by atoms with Crippen LogP contribution in [0.4, 0.5) is 8.78 Å². The summed E-state index contributed by atoms with van der Waals surface area (Å²) in [5.74, 6) is -1.13. The number of benzene rings is 1. The number of nitrogens with zero attached hydrogens (tertiary/aromatic N) is 3. The van der Waals surface area contributed by atoms with Crippen LogP contribution in [0.3, 0.4) is 0 Å². The Kier molecular flexibility index (Phi) is 5.62. The lowest BCUT2D eigenvalue weighted by atomic mass is 10.2. The van der Waals surface area contributed by atoms with Gasteiger partial charge in [0.25, 0.3) is 5.91 Å². The second kappa shape index (κ2) is 8.48. The van der Waals surface area contributed by atoms with Gasteiger partial charge in [0.05, 0.1) is 6.54 Å². The van der Waals surface area contributed by atoms with Gasteiger partial charge in [0.15, 0.2) is 5.69 Å². The summed E-state index contributed by atoms with van der Waals surface area (Å²) < 4.78 is 32.6. The highest BCUT2D eigenvalue weighted by Gasteiger charge is 2.30. The largest absolute Gasteiger partial charge is 0.447 e. The summed E-state index contributed by atoms with van der Waals surface area (Å²) in [5, 5.41) is 2.77. The molecule has 150 valence electrons. The molecule has 1 amide bonds. The van der Waals surface area contributed by atoms with Crippen LogP contribution in [-0.2, 0) is 19.6 Å². The van der Waals surface area contributed by atoms with Gasteiger partial charge < -0.3 is 9.73 Å². The fourth-order valence-corrected chi connectivity index (χ4v) is 3.06. The Morgan fingerprint density at radius 1 is 1.24 bits per heavy atom. The quantitative estimate of drug-likeness (QED) is 0.629. The molecule has 2 heterocycles. The van der Waals surface area contributed by atoms with Gasteiger partial charge in [-0.2, -0.15) is 0 Å². The highest BCUT2D eigenvalue weighted by atomic mass is 19.1. The van der Waals surface area contributed by atoms with Crippen LogP contribution in [0.2, 0.25) is 0 Å². The number of carbonyl (C=O) groups is 1. The van der Waals surface area contributed by atoms with Crippen molar-refractivity contribution in [2.24, 2.45) is 0 Å². The van der Waals surface area contributed by atoms with E-state index >= 15 is 0 Å². The van der Waals surface area contributed by atoms with E-state index in [2.05, 4.69) is 15.3 Å². The van der Waals surface area contributed by atoms with Crippen molar-refractivity contribution in [1.29, 1.82) is 0 Å². The molecule has 1 aliphatic carbocycles. The van der Waals surface area contributed by atoms with E-state index in [4.69, 9.17) is 4.42 Å². The number of carbonyl (C=O) groups excluding carboxylic acids is 1. The zero-order chi connectivity index (χ0) is 20.2. The first-order valence-electron chi connectivity index (χ1n) is 9.38. The molecular formula is C21H20F2N4O2. The van der Waals surface area contributed by atoms with Crippen molar-refractivity contribution >= 4 is 5.91 Å². The second-order valence-electron chi connectivity index (χ2n) is 7.04. The van der Waals surface area contributed by atoms with Crippen LogP contribution in [0, 0.1) is 11.6 Å². The molecule has 29 heavy (non-hydrogen) atoms. The topological polar surface area (TPSA) is 71.3 Å². The van der Waals surface area contributed by atoms with Gasteiger partial charge in [-0.25, -0.2) is 13.8 Å². The Labute approximate surface area is 166 Å². The van der Waals surface area contributed by atoms with Crippen molar-refractivity contribution in [1.82, 2.24) is 20.2 Å². The number of hydrogen-bond acceptors (Lipinski definition) is 5. The molecule has 0 saturated heterocycles. The number of hydrogen-bond donors (Lipinski definition) is 1. The number of amides is 1. The van der Waals surface area contributed by atoms with Crippen LogP contribution in [0.15, 0.2) is 53.4 Å². The number of aromatic nitrogens is 2. The van der Waals surface area contributed by atoms with Gasteiger partial charge in [-0.1, -0.05) is 12.1 Å². The maximum absolute atomic E-state index is 14.0. The number of oxazole rings is 1. The average Bonchev–Trinajstić information content (AvgIpc) is 3.47. The molecule has 0 bridgehead atoms. The molecule has 0 radical (unpaired) electrons. The molecule has 0 atom stereocenters. The van der Waals surface area contributed by atoms with Gasteiger partial charge in [0.2, 0.25) is 5.89 Å². The standard InChI is InChI=1S/C21H20F2N4O2/c22-16-4-3-15(18(23)8-16)11-27(17-5-6-17)12-20-26-19(13-29-20)21(28)25-10-14-2-1-7-24-9-14/h1-4,7-9,13,17H,5-6,10-12H2,(H,25,28). The lowest BCUT2D eigenvalue weighted by Gasteiger charge is -2.20. The minimum Gasteiger partial charge on any atom is -0.447 e. The van der Waals surface area contributed by atoms with E-state index in [9.17, 15) is 13.6 Å². The van der Waals surface area contributed by atoms with Gasteiger partial charge in [0, 0.05) is 43.2 Å². The molecule has 1 aromatic carbocycles. The maximum atomic E-state index is 14.0. The number of pyridine rings is 1. The number of rotatable bonds is 8. The van der Waals surface area contributed by atoms with E-state index in [-0.39, 0.29) is 11.6 Å². The Balaban J connectivity index is 1.38. The van der Waals surface area contributed by atoms with Crippen LogP contribution in [-0.4, -0.2) is 26.8 Å². The van der Waals surface area contributed by atoms with Crippen LogP contribution in [0.1, 0.15) is 40.3 Å². The third kappa shape index (κ3) is 5.03. The molecule has 2 aromatic heterocycles. The van der Waals surface area contributed by atoms with Crippen LogP contribution in [0.25, 0.3) is 0 Å². The zero-order valence-corrected chi connectivity index (χ0v) is 15.6. The fraction of sp³-hybridized carbons (Fsp3) is 0.286. The lowest BCUT2D eigenvalue weighted by Crippen LogP contribution is -2.26. The van der Waals surface area contributed by atoms with E-state index in [0.717, 1.165) is 24.5 Å². The monoisotopic (exact) mass is 398 g/mol. The molecule has 0 unspecified atom stereocenters. The van der Waals surface area contributed by atoms with E-state index in [1.54, 1.807) is 18.5 Å². The third-order valence-electron chi connectivity index (χ3n) is 4.75. The van der Waals surface area contributed by atoms with Gasteiger partial charge in [-0.05, 0) is 30.5 Å². The molecule has 1 aliphatic rings. The first-order chi connectivity index (χ1) is 14.1. The van der Waals surface area contributed by atoms with Crippen LogP contribution in [0.5, 0.6) is 0 Å². The normalized spacial score (nSPS) is 13.6. The first-order valence-corrected chi connectivity index (χ1v) is 9.38. The van der Waals surface area contributed by atoms with Gasteiger partial charge >= 0.3 is 0 Å². The third-order valence-corrected chi connectivity index (χ3v) is 4.75. The summed E-state index contributed by atoms with van der Waals surface area (Å²) in [7, 11) is 0. The van der Waals surface area contributed by atoms with E-state index in [1.807, 2.05) is 11.0 Å². The highest BCUT2D eigenvalue weighted by Crippen LogP contribution is 2.30. The molecule has 0 spiro atoms. The minimum atomic E-state index is -0.598. The van der Waals surface area contributed by atoms with E-state index in [0.29, 0.717) is 37.1 Å². The molecule has 1 N–H and O–H groups in total. The molecule has 6 nitrogen and oxygen atoms in total. The van der Waals surface area contributed by atoms with Gasteiger partial charge in [-0.3, -0.25) is 14.7 Å². The Hall–Kier alpha value is -3.13. The van der Waals surface area contributed by atoms with Crippen LogP contribution < -0.4 is 5.32 Å². The maximum Gasteiger partial charge on any atom is 0.273 e. The van der Waals surface area contributed by atoms with Crippen molar-refractivity contribution in [3.63, 3.8) is 0 Å². The van der Waals surface area contributed by atoms with Crippen molar-refractivity contribution in [2.45, 2.75) is 38.5 Å². The van der Waals surface area contributed by atoms with Crippen molar-refractivity contribution in [3.05, 3.63) is 83.3 Å². The Morgan fingerprint density at radius 2 is 2.10 bits per heavy atom. The van der Waals surface area contributed by atoms with Crippen molar-refractivity contribution < 1.29 is 18.0 Å². The minimum absolute atomic E-state index is 0.188. The van der Waals surface area contributed by atoms with E-state index < -0.39 is 11.6 Å². The fourth-order valence-electron chi connectivity index (χ4n) is 3.06. The van der Waals surface area contributed by atoms with Crippen LogP contribution >= 0.6 is 0 Å². The smallest absolute Gasteiger partial charge is 0.273 e. The molecule has 1 fully saturated rings. The zero-order valence-electron chi connectivity index (χ0n) is 15.6. The number of halogens is 2.